The molecule has 0 atom stereocenters. The second-order valence-electron chi connectivity index (χ2n) is 5.71. The number of hydrogen-bond donors (Lipinski definition) is 2. The summed E-state index contributed by atoms with van der Waals surface area (Å²) in [6.07, 6.45) is 1.54. The highest BCUT2D eigenvalue weighted by molar-refractivity contribution is 8.00. The normalized spacial score (nSPS) is 10.8. The van der Waals surface area contributed by atoms with Crippen molar-refractivity contribution in [1.82, 2.24) is 30.4 Å². The molecule has 2 heterocycles. The lowest BCUT2D eigenvalue weighted by Gasteiger charge is -2.07. The van der Waals surface area contributed by atoms with Crippen molar-refractivity contribution in [2.45, 2.75) is 28.7 Å². The van der Waals surface area contributed by atoms with Gasteiger partial charge in [0, 0.05) is 13.1 Å². The Morgan fingerprint density at radius 2 is 2.10 bits per heavy atom. The first-order valence-corrected chi connectivity index (χ1v) is 11.6. The largest absolute Gasteiger partial charge is 0.334 e. The maximum absolute atomic E-state index is 11.9. The highest BCUT2D eigenvalue weighted by Crippen LogP contribution is 2.31. The maximum Gasteiger partial charge on any atom is 0.321 e. The molecule has 0 fully saturated rings. The molecule has 0 spiro atoms. The van der Waals surface area contributed by atoms with Gasteiger partial charge in [-0.3, -0.25) is 10.1 Å². The molecule has 0 saturated heterocycles. The number of thioether (sulfide) groups is 2. The number of rotatable bonds is 9. The standard InChI is InChI=1S/C18H20N6O2S3/c1-3-9-19-16(26)21-15(25)11-27-17-23-22-14(24(17)4-2)10-28-18-20-12-7-5-6-8-13(12)29-18/h3,5-8H,1,4,9-11H2,2H3,(H2,19,21,25,26). The molecule has 1 aromatic carbocycles. The van der Waals surface area contributed by atoms with Gasteiger partial charge in [0.25, 0.3) is 0 Å². The second-order valence-corrected chi connectivity index (χ2v) is 8.91. The summed E-state index contributed by atoms with van der Waals surface area (Å²) in [6, 6.07) is 7.50. The van der Waals surface area contributed by atoms with E-state index in [0.717, 1.165) is 20.4 Å². The van der Waals surface area contributed by atoms with Crippen molar-refractivity contribution in [1.29, 1.82) is 0 Å². The summed E-state index contributed by atoms with van der Waals surface area (Å²) in [5.41, 5.74) is 0.997. The van der Waals surface area contributed by atoms with Gasteiger partial charge in [0.15, 0.2) is 9.50 Å². The number of fused-ring (bicyclic) bond motifs is 1. The van der Waals surface area contributed by atoms with E-state index in [1.165, 1.54) is 17.8 Å². The fourth-order valence-electron chi connectivity index (χ4n) is 2.39. The third-order valence-corrected chi connectivity index (χ3v) is 6.84. The number of nitrogens with one attached hydrogen (secondary N) is 2. The molecule has 0 aliphatic heterocycles. The molecule has 2 aromatic heterocycles. The van der Waals surface area contributed by atoms with Crippen molar-refractivity contribution < 1.29 is 9.59 Å². The molecular formula is C18H20N6O2S3. The summed E-state index contributed by atoms with van der Waals surface area (Å²) in [7, 11) is 0. The Kier molecular flexibility index (Phi) is 7.67. The van der Waals surface area contributed by atoms with Crippen LogP contribution in [0.4, 0.5) is 4.79 Å². The molecule has 3 aromatic rings. The van der Waals surface area contributed by atoms with Crippen LogP contribution in [0.3, 0.4) is 0 Å². The molecule has 3 amide bonds. The van der Waals surface area contributed by atoms with Crippen molar-refractivity contribution in [3.63, 3.8) is 0 Å². The zero-order chi connectivity index (χ0) is 20.6. The second kappa shape index (κ2) is 10.4. The summed E-state index contributed by atoms with van der Waals surface area (Å²) in [6.45, 7) is 6.49. The number of benzene rings is 1. The molecule has 0 saturated carbocycles. The molecule has 8 nitrogen and oxygen atoms in total. The van der Waals surface area contributed by atoms with Gasteiger partial charge in [-0.25, -0.2) is 9.78 Å². The van der Waals surface area contributed by atoms with Gasteiger partial charge < -0.3 is 9.88 Å². The van der Waals surface area contributed by atoms with Crippen LogP contribution in [0.1, 0.15) is 12.7 Å². The lowest BCUT2D eigenvalue weighted by atomic mass is 10.3. The van der Waals surface area contributed by atoms with E-state index in [1.54, 1.807) is 23.1 Å². The maximum atomic E-state index is 11.9. The number of imide groups is 1. The average molecular weight is 449 g/mol. The van der Waals surface area contributed by atoms with Gasteiger partial charge in [0.1, 0.15) is 5.82 Å². The van der Waals surface area contributed by atoms with Crippen LogP contribution in [0.5, 0.6) is 0 Å². The molecule has 2 N–H and O–H groups in total. The van der Waals surface area contributed by atoms with Gasteiger partial charge in [-0.05, 0) is 19.1 Å². The number of carbonyl (C=O) groups excluding carboxylic acids is 2. The molecule has 0 radical (unpaired) electrons. The van der Waals surface area contributed by atoms with E-state index in [1.807, 2.05) is 29.7 Å². The van der Waals surface area contributed by atoms with Gasteiger partial charge in [-0.15, -0.1) is 28.1 Å². The Bertz CT molecular complexity index is 983. The zero-order valence-electron chi connectivity index (χ0n) is 15.8. The predicted molar refractivity (Wildman–Crippen MR) is 117 cm³/mol. The van der Waals surface area contributed by atoms with E-state index in [-0.39, 0.29) is 5.75 Å². The number of amides is 3. The zero-order valence-corrected chi connectivity index (χ0v) is 18.2. The van der Waals surface area contributed by atoms with Gasteiger partial charge in [-0.2, -0.15) is 0 Å². The van der Waals surface area contributed by atoms with Crippen LogP contribution in [0.2, 0.25) is 0 Å². The quantitative estimate of drug-likeness (QED) is 0.382. The fraction of sp³-hybridized carbons (Fsp3) is 0.278. The number of hydrogen-bond acceptors (Lipinski definition) is 8. The van der Waals surface area contributed by atoms with E-state index in [9.17, 15) is 9.59 Å². The minimum absolute atomic E-state index is 0.0741. The number of thiazole rings is 1. The molecule has 0 bridgehead atoms. The summed E-state index contributed by atoms with van der Waals surface area (Å²) in [5, 5.41) is 13.9. The van der Waals surface area contributed by atoms with Crippen LogP contribution in [-0.2, 0) is 17.1 Å². The molecule has 3 rings (SSSR count). The van der Waals surface area contributed by atoms with Crippen LogP contribution in [0.25, 0.3) is 10.2 Å². The van der Waals surface area contributed by atoms with Crippen molar-refractivity contribution in [2.75, 3.05) is 12.3 Å². The number of urea groups is 1. The van der Waals surface area contributed by atoms with Crippen LogP contribution in [0, 0.1) is 0 Å². The number of aromatic nitrogens is 4. The predicted octanol–water partition coefficient (Wildman–Crippen LogP) is 3.30. The SMILES string of the molecule is C=CCNC(=O)NC(=O)CSc1nnc(CSc2nc3ccccc3s2)n1CC. The smallest absolute Gasteiger partial charge is 0.321 e. The third kappa shape index (κ3) is 5.81. The van der Waals surface area contributed by atoms with Gasteiger partial charge in [0.05, 0.1) is 21.7 Å². The van der Waals surface area contributed by atoms with Crippen LogP contribution in [0.15, 0.2) is 46.4 Å². The highest BCUT2D eigenvalue weighted by atomic mass is 32.2. The lowest BCUT2D eigenvalue weighted by Crippen LogP contribution is -2.40. The summed E-state index contributed by atoms with van der Waals surface area (Å²) >= 11 is 4.52. The highest BCUT2D eigenvalue weighted by Gasteiger charge is 2.15. The Morgan fingerprint density at radius 3 is 2.86 bits per heavy atom. The molecule has 0 aliphatic rings. The van der Waals surface area contributed by atoms with Crippen molar-refractivity contribution in [3.8, 4) is 0 Å². The van der Waals surface area contributed by atoms with Crippen molar-refractivity contribution in [3.05, 3.63) is 42.7 Å². The topological polar surface area (TPSA) is 102 Å². The van der Waals surface area contributed by atoms with E-state index >= 15 is 0 Å². The minimum Gasteiger partial charge on any atom is -0.334 e. The summed E-state index contributed by atoms with van der Waals surface area (Å²) < 4.78 is 4.11. The summed E-state index contributed by atoms with van der Waals surface area (Å²) in [5.74, 6) is 1.14. The molecule has 11 heteroatoms. The van der Waals surface area contributed by atoms with Gasteiger partial charge in [-0.1, -0.05) is 41.7 Å². The summed E-state index contributed by atoms with van der Waals surface area (Å²) in [4.78, 5) is 28.0. The Labute approximate surface area is 180 Å². The van der Waals surface area contributed by atoms with Gasteiger partial charge >= 0.3 is 6.03 Å². The molecule has 0 unspecified atom stereocenters. The van der Waals surface area contributed by atoms with Crippen LogP contribution >= 0.6 is 34.9 Å². The van der Waals surface area contributed by atoms with E-state index in [0.29, 0.717) is 24.0 Å². The number of para-hydroxylation sites is 1. The Hall–Kier alpha value is -2.37. The molecular weight excluding hydrogens is 428 g/mol. The first-order valence-electron chi connectivity index (χ1n) is 8.82. The van der Waals surface area contributed by atoms with Gasteiger partial charge in [0.2, 0.25) is 5.91 Å². The van der Waals surface area contributed by atoms with Crippen molar-refractivity contribution in [2.24, 2.45) is 0 Å². The first-order chi connectivity index (χ1) is 14.1. The van der Waals surface area contributed by atoms with Crippen LogP contribution in [-0.4, -0.2) is 44.0 Å². The van der Waals surface area contributed by atoms with Crippen molar-refractivity contribution >= 4 is 57.0 Å². The monoisotopic (exact) mass is 448 g/mol. The lowest BCUT2D eigenvalue weighted by molar-refractivity contribution is -0.117. The number of nitrogens with zero attached hydrogens (tertiary/aromatic N) is 4. The minimum atomic E-state index is -0.541. The fourth-order valence-corrected chi connectivity index (χ4v) is 5.22. The van der Waals surface area contributed by atoms with E-state index in [2.05, 4.69) is 38.5 Å². The van der Waals surface area contributed by atoms with Crippen LogP contribution < -0.4 is 10.6 Å². The first kappa shape index (κ1) is 21.3. The Morgan fingerprint density at radius 1 is 1.28 bits per heavy atom. The molecule has 29 heavy (non-hydrogen) atoms. The third-order valence-electron chi connectivity index (χ3n) is 3.70. The van der Waals surface area contributed by atoms with E-state index < -0.39 is 11.9 Å². The number of carbonyl (C=O) groups is 2. The Balaban J connectivity index is 1.56. The molecule has 152 valence electrons. The average Bonchev–Trinajstić information content (AvgIpc) is 3.31. The van der Waals surface area contributed by atoms with E-state index in [4.69, 9.17) is 0 Å². The molecule has 0 aliphatic carbocycles.